The van der Waals surface area contributed by atoms with Crippen molar-refractivity contribution < 1.29 is 5.11 Å². The predicted octanol–water partition coefficient (Wildman–Crippen LogP) is 3.80. The van der Waals surface area contributed by atoms with Crippen LogP contribution in [0.4, 0.5) is 0 Å². The summed E-state index contributed by atoms with van der Waals surface area (Å²) in [5.74, 6) is 0.766. The molecule has 1 atom stereocenters. The van der Waals surface area contributed by atoms with E-state index in [0.29, 0.717) is 6.54 Å². The Kier molecular flexibility index (Phi) is 4.55. The summed E-state index contributed by atoms with van der Waals surface area (Å²) in [6.45, 7) is 9.20. The van der Waals surface area contributed by atoms with Crippen molar-refractivity contribution in [2.45, 2.75) is 59.5 Å². The molecule has 112 valence electrons. The van der Waals surface area contributed by atoms with E-state index in [9.17, 15) is 5.11 Å². The molecule has 1 aromatic rings. The van der Waals surface area contributed by atoms with Crippen LogP contribution < -0.4 is 5.73 Å². The van der Waals surface area contributed by atoms with Crippen LogP contribution >= 0.6 is 0 Å². The van der Waals surface area contributed by atoms with Gasteiger partial charge in [0.15, 0.2) is 0 Å². The maximum atomic E-state index is 11.1. The Morgan fingerprint density at radius 3 is 2.15 bits per heavy atom. The van der Waals surface area contributed by atoms with Gasteiger partial charge in [0.05, 0.1) is 6.10 Å². The van der Waals surface area contributed by atoms with Crippen LogP contribution in [-0.2, 0) is 0 Å². The van der Waals surface area contributed by atoms with Crippen molar-refractivity contribution in [2.75, 3.05) is 6.54 Å². The number of aryl methyl sites for hydroxylation is 3. The van der Waals surface area contributed by atoms with Crippen molar-refractivity contribution in [1.82, 2.24) is 0 Å². The Hall–Kier alpha value is -0.860. The highest BCUT2D eigenvalue weighted by atomic mass is 16.3. The Bertz CT molecular complexity index is 449. The second-order valence-electron chi connectivity index (χ2n) is 6.96. The molecule has 1 saturated carbocycles. The van der Waals surface area contributed by atoms with E-state index >= 15 is 0 Å². The lowest BCUT2D eigenvalue weighted by Crippen LogP contribution is -2.40. The van der Waals surface area contributed by atoms with E-state index in [1.165, 1.54) is 29.5 Å². The fourth-order valence-corrected chi connectivity index (χ4v) is 3.85. The Balaban J connectivity index is 2.36. The van der Waals surface area contributed by atoms with Crippen molar-refractivity contribution >= 4 is 0 Å². The van der Waals surface area contributed by atoms with Crippen molar-refractivity contribution in [3.63, 3.8) is 0 Å². The monoisotopic (exact) mass is 275 g/mol. The van der Waals surface area contributed by atoms with Gasteiger partial charge in [-0.15, -0.1) is 0 Å². The van der Waals surface area contributed by atoms with Crippen molar-refractivity contribution in [3.05, 3.63) is 34.4 Å². The zero-order chi connectivity index (χ0) is 14.9. The van der Waals surface area contributed by atoms with E-state index in [0.717, 1.165) is 24.3 Å². The summed E-state index contributed by atoms with van der Waals surface area (Å²) in [4.78, 5) is 0. The van der Waals surface area contributed by atoms with E-state index in [4.69, 9.17) is 5.73 Å². The van der Waals surface area contributed by atoms with E-state index in [-0.39, 0.29) is 5.41 Å². The molecule has 1 aromatic carbocycles. The summed E-state index contributed by atoms with van der Waals surface area (Å²) >= 11 is 0. The molecule has 1 aliphatic carbocycles. The molecule has 0 heterocycles. The minimum atomic E-state index is -0.430. The smallest absolute Gasteiger partial charge is 0.0863 e. The molecular weight excluding hydrogens is 246 g/mol. The lowest BCUT2D eigenvalue weighted by Gasteiger charge is -2.43. The fraction of sp³-hybridized carbons (Fsp3) is 0.667. The minimum absolute atomic E-state index is 0.128. The van der Waals surface area contributed by atoms with Crippen molar-refractivity contribution in [2.24, 2.45) is 17.1 Å². The Labute approximate surface area is 123 Å². The number of aliphatic hydroxyl groups is 1. The summed E-state index contributed by atoms with van der Waals surface area (Å²) in [7, 11) is 0. The topological polar surface area (TPSA) is 46.2 Å². The second kappa shape index (κ2) is 5.87. The van der Waals surface area contributed by atoms with E-state index < -0.39 is 6.10 Å². The van der Waals surface area contributed by atoms with Gasteiger partial charge in [0.25, 0.3) is 0 Å². The quantitative estimate of drug-likeness (QED) is 0.881. The molecule has 2 rings (SSSR count). The maximum Gasteiger partial charge on any atom is 0.0863 e. The number of nitrogens with two attached hydrogens (primary N) is 1. The molecule has 0 saturated heterocycles. The molecule has 3 N–H and O–H groups in total. The number of rotatable bonds is 3. The number of hydrogen-bond donors (Lipinski definition) is 2. The highest BCUT2D eigenvalue weighted by molar-refractivity contribution is 5.40. The number of aliphatic hydroxyl groups excluding tert-OH is 1. The Morgan fingerprint density at radius 2 is 1.70 bits per heavy atom. The molecule has 1 fully saturated rings. The molecule has 2 heteroatoms. The van der Waals surface area contributed by atoms with E-state index in [2.05, 4.69) is 39.8 Å². The van der Waals surface area contributed by atoms with Gasteiger partial charge in [0.1, 0.15) is 0 Å². The third-order valence-electron chi connectivity index (χ3n) is 5.27. The van der Waals surface area contributed by atoms with Gasteiger partial charge in [-0.05, 0) is 56.2 Å². The summed E-state index contributed by atoms with van der Waals surface area (Å²) in [6, 6.07) is 4.34. The average Bonchev–Trinajstić information content (AvgIpc) is 2.38. The first kappa shape index (κ1) is 15.5. The van der Waals surface area contributed by atoms with Gasteiger partial charge >= 0.3 is 0 Å². The van der Waals surface area contributed by atoms with Gasteiger partial charge in [-0.2, -0.15) is 0 Å². The van der Waals surface area contributed by atoms with Gasteiger partial charge < -0.3 is 10.8 Å². The van der Waals surface area contributed by atoms with Crippen LogP contribution in [0.25, 0.3) is 0 Å². The first-order valence-corrected chi connectivity index (χ1v) is 7.85. The molecule has 1 aliphatic rings. The molecule has 20 heavy (non-hydrogen) atoms. The largest absolute Gasteiger partial charge is 0.388 e. The molecule has 0 aromatic heterocycles. The molecule has 0 bridgehead atoms. The zero-order valence-corrected chi connectivity index (χ0v) is 13.4. The van der Waals surface area contributed by atoms with Crippen LogP contribution in [0, 0.1) is 32.1 Å². The van der Waals surface area contributed by atoms with E-state index in [1.54, 1.807) is 0 Å². The first-order chi connectivity index (χ1) is 9.39. The Morgan fingerprint density at radius 1 is 1.20 bits per heavy atom. The second-order valence-corrected chi connectivity index (χ2v) is 6.96. The van der Waals surface area contributed by atoms with Crippen LogP contribution in [0.3, 0.4) is 0 Å². The third-order valence-corrected chi connectivity index (χ3v) is 5.27. The number of benzene rings is 1. The van der Waals surface area contributed by atoms with Crippen molar-refractivity contribution in [3.8, 4) is 0 Å². The third kappa shape index (κ3) is 2.77. The lowest BCUT2D eigenvalue weighted by molar-refractivity contribution is -0.00892. The average molecular weight is 275 g/mol. The van der Waals surface area contributed by atoms with Gasteiger partial charge in [-0.3, -0.25) is 0 Å². The summed E-state index contributed by atoms with van der Waals surface area (Å²) < 4.78 is 0. The van der Waals surface area contributed by atoms with Crippen LogP contribution in [0.5, 0.6) is 0 Å². The van der Waals surface area contributed by atoms with E-state index in [1.807, 2.05) is 0 Å². The summed E-state index contributed by atoms with van der Waals surface area (Å²) in [5.41, 5.74) is 10.7. The molecule has 0 radical (unpaired) electrons. The lowest BCUT2D eigenvalue weighted by atomic mass is 9.65. The molecular formula is C18H29NO. The zero-order valence-electron chi connectivity index (χ0n) is 13.4. The molecule has 0 amide bonds. The van der Waals surface area contributed by atoms with Gasteiger partial charge in [0, 0.05) is 12.0 Å². The van der Waals surface area contributed by atoms with Crippen LogP contribution in [0.2, 0.25) is 0 Å². The summed E-state index contributed by atoms with van der Waals surface area (Å²) in [6.07, 6.45) is 4.01. The molecule has 0 aliphatic heterocycles. The normalized spacial score (nSPS) is 28.4. The van der Waals surface area contributed by atoms with Crippen LogP contribution in [0.15, 0.2) is 12.1 Å². The summed E-state index contributed by atoms with van der Waals surface area (Å²) in [5, 5.41) is 11.1. The molecule has 0 spiro atoms. The number of hydrogen-bond acceptors (Lipinski definition) is 2. The highest BCUT2D eigenvalue weighted by Crippen LogP contribution is 2.48. The standard InChI is InChI=1S/C18H29NO/c1-12-5-7-18(11-19,8-6-12)17(20)16-14(3)9-13(2)10-15(16)4/h9-10,12,17,20H,5-8,11,19H2,1-4H3. The van der Waals surface area contributed by atoms with Crippen molar-refractivity contribution in [1.29, 1.82) is 0 Å². The SMILES string of the molecule is Cc1cc(C)c(C(O)C2(CN)CCC(C)CC2)c(C)c1. The predicted molar refractivity (Wildman–Crippen MR) is 84.7 cm³/mol. The fourth-order valence-electron chi connectivity index (χ4n) is 3.85. The molecule has 2 nitrogen and oxygen atoms in total. The molecule has 1 unspecified atom stereocenters. The van der Waals surface area contributed by atoms with Gasteiger partial charge in [0.2, 0.25) is 0 Å². The van der Waals surface area contributed by atoms with Crippen LogP contribution in [0.1, 0.15) is 61.0 Å². The highest BCUT2D eigenvalue weighted by Gasteiger charge is 2.41. The maximum absolute atomic E-state index is 11.1. The van der Waals surface area contributed by atoms with Crippen LogP contribution in [-0.4, -0.2) is 11.7 Å². The first-order valence-electron chi connectivity index (χ1n) is 7.85. The van der Waals surface area contributed by atoms with Gasteiger partial charge in [-0.25, -0.2) is 0 Å². The van der Waals surface area contributed by atoms with Gasteiger partial charge in [-0.1, -0.05) is 37.5 Å². The minimum Gasteiger partial charge on any atom is -0.388 e.